The smallest absolute Gasteiger partial charge is 0.174 e. The molecule has 19 heavy (non-hydrogen) atoms. The minimum atomic E-state index is -0.615. The molecule has 0 spiro atoms. The molecule has 0 aliphatic rings. The average molecular weight is 395 g/mol. The van der Waals surface area contributed by atoms with E-state index in [4.69, 9.17) is 4.42 Å². The first kappa shape index (κ1) is 14.7. The highest BCUT2D eigenvalue weighted by atomic mass is 79.9. The van der Waals surface area contributed by atoms with E-state index in [9.17, 15) is 8.78 Å². The number of hydrogen-bond donors (Lipinski definition) is 1. The van der Waals surface area contributed by atoms with Crippen molar-refractivity contribution in [3.05, 3.63) is 56.4 Å². The van der Waals surface area contributed by atoms with Gasteiger partial charge in [-0.15, -0.1) is 0 Å². The lowest BCUT2D eigenvalue weighted by Crippen LogP contribution is -2.24. The van der Waals surface area contributed by atoms with Crippen molar-refractivity contribution in [2.75, 3.05) is 6.54 Å². The summed E-state index contributed by atoms with van der Waals surface area (Å²) in [6.45, 7) is 2.43. The Morgan fingerprint density at radius 1 is 1.26 bits per heavy atom. The SMILES string of the molecule is CCNC(c1ccoc1Br)c1c(F)ccc(Br)c1F. The highest BCUT2D eigenvalue weighted by molar-refractivity contribution is 9.10. The molecule has 2 aromatic rings. The molecule has 0 aliphatic carbocycles. The van der Waals surface area contributed by atoms with Gasteiger partial charge in [0.25, 0.3) is 0 Å². The summed E-state index contributed by atoms with van der Waals surface area (Å²) >= 11 is 6.32. The van der Waals surface area contributed by atoms with Gasteiger partial charge >= 0.3 is 0 Å². The van der Waals surface area contributed by atoms with E-state index < -0.39 is 17.7 Å². The van der Waals surface area contributed by atoms with Crippen LogP contribution in [0.4, 0.5) is 8.78 Å². The quantitative estimate of drug-likeness (QED) is 0.754. The highest BCUT2D eigenvalue weighted by Crippen LogP contribution is 2.34. The first-order valence-electron chi connectivity index (χ1n) is 5.66. The van der Waals surface area contributed by atoms with Crippen molar-refractivity contribution in [3.63, 3.8) is 0 Å². The van der Waals surface area contributed by atoms with Crippen LogP contribution in [0.2, 0.25) is 0 Å². The molecule has 0 saturated heterocycles. The van der Waals surface area contributed by atoms with Crippen LogP contribution < -0.4 is 5.32 Å². The van der Waals surface area contributed by atoms with Crippen LogP contribution in [0.5, 0.6) is 0 Å². The molecule has 1 heterocycles. The molecule has 0 saturated carbocycles. The number of halogens is 4. The second-order valence-electron chi connectivity index (χ2n) is 3.90. The monoisotopic (exact) mass is 393 g/mol. The minimum Gasteiger partial charge on any atom is -0.457 e. The molecule has 102 valence electrons. The number of furan rings is 1. The maximum absolute atomic E-state index is 14.2. The summed E-state index contributed by atoms with van der Waals surface area (Å²) in [6.07, 6.45) is 1.47. The Hall–Kier alpha value is -0.720. The molecule has 0 fully saturated rings. The lowest BCUT2D eigenvalue weighted by Gasteiger charge is -2.19. The topological polar surface area (TPSA) is 25.2 Å². The van der Waals surface area contributed by atoms with Gasteiger partial charge in [-0.2, -0.15) is 0 Å². The van der Waals surface area contributed by atoms with Crippen molar-refractivity contribution in [2.45, 2.75) is 13.0 Å². The van der Waals surface area contributed by atoms with E-state index >= 15 is 0 Å². The maximum atomic E-state index is 14.2. The van der Waals surface area contributed by atoms with Crippen LogP contribution in [-0.2, 0) is 0 Å². The second-order valence-corrected chi connectivity index (χ2v) is 5.47. The number of benzene rings is 1. The summed E-state index contributed by atoms with van der Waals surface area (Å²) < 4.78 is 34.0. The summed E-state index contributed by atoms with van der Waals surface area (Å²) in [5.74, 6) is -1.21. The molecule has 1 unspecified atom stereocenters. The summed E-state index contributed by atoms with van der Waals surface area (Å²) in [6, 6.07) is 3.65. The first-order valence-corrected chi connectivity index (χ1v) is 7.24. The zero-order valence-corrected chi connectivity index (χ0v) is 13.2. The summed E-state index contributed by atoms with van der Waals surface area (Å²) in [7, 11) is 0. The third-order valence-corrected chi connectivity index (χ3v) is 3.99. The number of nitrogens with one attached hydrogen (secondary N) is 1. The Morgan fingerprint density at radius 3 is 2.58 bits per heavy atom. The van der Waals surface area contributed by atoms with Crippen LogP contribution in [0.1, 0.15) is 24.1 Å². The molecule has 0 bridgehead atoms. The van der Waals surface area contributed by atoms with Crippen molar-refractivity contribution >= 4 is 31.9 Å². The summed E-state index contributed by atoms with van der Waals surface area (Å²) in [5, 5.41) is 3.06. The van der Waals surface area contributed by atoms with E-state index in [1.54, 1.807) is 6.07 Å². The van der Waals surface area contributed by atoms with E-state index in [0.717, 1.165) is 0 Å². The van der Waals surface area contributed by atoms with Crippen LogP contribution in [0.15, 0.2) is 38.0 Å². The molecule has 0 amide bonds. The standard InChI is InChI=1S/C13H11Br2F2NO/c1-2-18-12(7-5-6-19-13(7)15)10-9(16)4-3-8(14)11(10)17/h3-6,12,18H,2H2,1H3. The number of rotatable bonds is 4. The Labute approximate surface area is 126 Å². The third kappa shape index (κ3) is 2.90. The zero-order valence-electron chi connectivity index (χ0n) is 10.0. The Kier molecular flexibility index (Phi) is 4.76. The Bertz CT molecular complexity index is 586. The molecular formula is C13H11Br2F2NO. The van der Waals surface area contributed by atoms with Gasteiger partial charge < -0.3 is 9.73 Å². The van der Waals surface area contributed by atoms with Gasteiger partial charge in [0.15, 0.2) is 4.67 Å². The predicted octanol–water partition coefficient (Wildman–Crippen LogP) is 4.78. The zero-order chi connectivity index (χ0) is 14.0. The molecule has 1 atom stereocenters. The van der Waals surface area contributed by atoms with Gasteiger partial charge in [0.2, 0.25) is 0 Å². The van der Waals surface area contributed by atoms with Crippen molar-refractivity contribution in [1.29, 1.82) is 0 Å². The van der Waals surface area contributed by atoms with Crippen LogP contribution in [0.25, 0.3) is 0 Å². The molecule has 1 aromatic carbocycles. The van der Waals surface area contributed by atoms with Gasteiger partial charge in [0.1, 0.15) is 11.6 Å². The lowest BCUT2D eigenvalue weighted by atomic mass is 10.00. The van der Waals surface area contributed by atoms with Gasteiger partial charge in [-0.1, -0.05) is 6.92 Å². The largest absolute Gasteiger partial charge is 0.457 e. The van der Waals surface area contributed by atoms with E-state index in [0.29, 0.717) is 16.8 Å². The fourth-order valence-corrected chi connectivity index (χ4v) is 2.70. The molecule has 2 nitrogen and oxygen atoms in total. The van der Waals surface area contributed by atoms with Crippen molar-refractivity contribution in [3.8, 4) is 0 Å². The third-order valence-electron chi connectivity index (χ3n) is 2.73. The van der Waals surface area contributed by atoms with Gasteiger partial charge in [-0.25, -0.2) is 8.78 Å². The summed E-state index contributed by atoms with van der Waals surface area (Å²) in [4.78, 5) is 0. The van der Waals surface area contributed by atoms with Crippen LogP contribution >= 0.6 is 31.9 Å². The highest BCUT2D eigenvalue weighted by Gasteiger charge is 2.25. The predicted molar refractivity (Wildman–Crippen MR) is 76.0 cm³/mol. The van der Waals surface area contributed by atoms with Gasteiger partial charge in [-0.3, -0.25) is 0 Å². The lowest BCUT2D eigenvalue weighted by molar-refractivity contribution is 0.494. The van der Waals surface area contributed by atoms with Crippen molar-refractivity contribution in [1.82, 2.24) is 5.32 Å². The van der Waals surface area contributed by atoms with Gasteiger partial charge in [-0.05, 0) is 56.6 Å². The fourth-order valence-electron chi connectivity index (χ4n) is 1.89. The molecule has 0 aliphatic heterocycles. The van der Waals surface area contributed by atoms with Crippen molar-refractivity contribution < 1.29 is 13.2 Å². The molecular weight excluding hydrogens is 384 g/mol. The molecule has 1 N–H and O–H groups in total. The average Bonchev–Trinajstić information content (AvgIpc) is 2.79. The normalized spacial score (nSPS) is 12.7. The van der Waals surface area contributed by atoms with E-state index in [-0.39, 0.29) is 10.0 Å². The fraction of sp³-hybridized carbons (Fsp3) is 0.231. The Balaban J connectivity index is 2.57. The van der Waals surface area contributed by atoms with Crippen molar-refractivity contribution in [2.24, 2.45) is 0 Å². The molecule has 2 rings (SSSR count). The van der Waals surface area contributed by atoms with Gasteiger partial charge in [0.05, 0.1) is 16.8 Å². The minimum absolute atomic E-state index is 0.0293. The molecule has 6 heteroatoms. The Morgan fingerprint density at radius 2 is 2.00 bits per heavy atom. The molecule has 1 aromatic heterocycles. The van der Waals surface area contributed by atoms with E-state index in [1.807, 2.05) is 6.92 Å². The first-order chi connectivity index (χ1) is 9.06. The van der Waals surface area contributed by atoms with Crippen LogP contribution in [0.3, 0.4) is 0 Å². The van der Waals surface area contributed by atoms with Crippen LogP contribution in [-0.4, -0.2) is 6.54 Å². The second kappa shape index (κ2) is 6.15. The summed E-state index contributed by atoms with van der Waals surface area (Å²) in [5.41, 5.74) is 0.621. The van der Waals surface area contributed by atoms with Gasteiger partial charge in [0, 0.05) is 11.1 Å². The van der Waals surface area contributed by atoms with Crippen LogP contribution in [0, 0.1) is 11.6 Å². The van der Waals surface area contributed by atoms with E-state index in [2.05, 4.69) is 37.2 Å². The van der Waals surface area contributed by atoms with E-state index in [1.165, 1.54) is 18.4 Å². The number of hydrogen-bond acceptors (Lipinski definition) is 2. The molecule has 0 radical (unpaired) electrons. The maximum Gasteiger partial charge on any atom is 0.174 e.